The van der Waals surface area contributed by atoms with Crippen molar-refractivity contribution in [1.29, 1.82) is 0 Å². The van der Waals surface area contributed by atoms with Crippen molar-refractivity contribution in [1.82, 2.24) is 10.2 Å². The molecule has 1 aromatic heterocycles. The number of nitrogens with zero attached hydrogens (tertiary/aromatic N) is 1. The highest BCUT2D eigenvalue weighted by Crippen LogP contribution is 2.17. The van der Waals surface area contributed by atoms with Crippen molar-refractivity contribution < 1.29 is 14.6 Å². The van der Waals surface area contributed by atoms with Gasteiger partial charge >= 0.3 is 0 Å². The maximum Gasteiger partial charge on any atom is 0.261 e. The number of carbonyl (C=O) groups excluding carboxylic acids is 1. The Balaban J connectivity index is 2.57. The molecule has 0 saturated carbocycles. The summed E-state index contributed by atoms with van der Waals surface area (Å²) < 4.78 is 5.05. The first kappa shape index (κ1) is 16.1. The maximum atomic E-state index is 12.1. The highest BCUT2D eigenvalue weighted by molar-refractivity contribution is 7.12. The Morgan fingerprint density at radius 3 is 2.84 bits per heavy atom. The summed E-state index contributed by atoms with van der Waals surface area (Å²) in [5.41, 5.74) is -0.0741. The molecule has 5 nitrogen and oxygen atoms in total. The van der Waals surface area contributed by atoms with Crippen molar-refractivity contribution >= 4 is 17.2 Å². The first-order valence-electron chi connectivity index (χ1n) is 6.06. The second kappa shape index (κ2) is 7.00. The summed E-state index contributed by atoms with van der Waals surface area (Å²) in [6, 6.07) is 1.88. The van der Waals surface area contributed by atoms with Gasteiger partial charge in [0.2, 0.25) is 0 Å². The van der Waals surface area contributed by atoms with Crippen LogP contribution in [0, 0.1) is 0 Å². The molecule has 0 spiro atoms. The Hall–Kier alpha value is -0.950. The van der Waals surface area contributed by atoms with E-state index in [9.17, 15) is 9.90 Å². The van der Waals surface area contributed by atoms with Crippen LogP contribution < -0.4 is 5.32 Å². The van der Waals surface area contributed by atoms with Crippen molar-refractivity contribution in [3.63, 3.8) is 0 Å². The van der Waals surface area contributed by atoms with Gasteiger partial charge in [-0.15, -0.1) is 11.3 Å². The van der Waals surface area contributed by atoms with E-state index < -0.39 is 5.60 Å². The van der Waals surface area contributed by atoms with Gasteiger partial charge in [-0.25, -0.2) is 0 Å². The second-order valence-corrected chi connectivity index (χ2v) is 6.04. The summed E-state index contributed by atoms with van der Waals surface area (Å²) in [6.07, 6.45) is 0. The fourth-order valence-electron chi connectivity index (χ4n) is 1.89. The van der Waals surface area contributed by atoms with Crippen molar-refractivity contribution in [2.24, 2.45) is 0 Å². The average molecular weight is 286 g/mol. The van der Waals surface area contributed by atoms with Gasteiger partial charge in [0.1, 0.15) is 0 Å². The van der Waals surface area contributed by atoms with E-state index in [0.29, 0.717) is 18.0 Å². The van der Waals surface area contributed by atoms with Gasteiger partial charge in [-0.2, -0.15) is 0 Å². The van der Waals surface area contributed by atoms with Crippen LogP contribution in [0.1, 0.15) is 22.2 Å². The molecule has 1 rings (SSSR count). The quantitative estimate of drug-likeness (QED) is 0.783. The Kier molecular flexibility index (Phi) is 5.93. The minimum absolute atomic E-state index is 0.166. The molecular weight excluding hydrogens is 264 g/mol. The number of hydrogen-bond donors (Lipinski definition) is 2. The molecule has 1 aromatic rings. The Morgan fingerprint density at radius 1 is 1.58 bits per heavy atom. The molecule has 1 amide bonds. The molecule has 108 valence electrons. The van der Waals surface area contributed by atoms with Crippen LogP contribution in [0.25, 0.3) is 0 Å². The van der Waals surface area contributed by atoms with Gasteiger partial charge in [-0.1, -0.05) is 0 Å². The Bertz CT molecular complexity index is 416. The topological polar surface area (TPSA) is 61.8 Å². The predicted octanol–water partition coefficient (Wildman–Crippen LogP) is 0.937. The van der Waals surface area contributed by atoms with Crippen LogP contribution in [0.15, 0.2) is 11.4 Å². The monoisotopic (exact) mass is 286 g/mol. The van der Waals surface area contributed by atoms with Crippen LogP contribution in [0.4, 0.5) is 0 Å². The number of rotatable bonds is 7. The minimum atomic E-state index is -0.947. The molecular formula is C13H22N2O3S. The van der Waals surface area contributed by atoms with E-state index in [1.165, 1.54) is 11.3 Å². The molecule has 2 N–H and O–H groups in total. The third-order valence-electron chi connectivity index (χ3n) is 2.54. The number of carbonyl (C=O) groups is 1. The zero-order chi connectivity index (χ0) is 14.5. The second-order valence-electron chi connectivity index (χ2n) is 5.13. The van der Waals surface area contributed by atoms with Crippen LogP contribution >= 0.6 is 11.3 Å². The number of hydrogen-bond acceptors (Lipinski definition) is 5. The predicted molar refractivity (Wildman–Crippen MR) is 76.5 cm³/mol. The molecule has 0 aliphatic heterocycles. The van der Waals surface area contributed by atoms with Gasteiger partial charge in [0.25, 0.3) is 5.91 Å². The molecule has 0 aromatic carbocycles. The van der Waals surface area contributed by atoms with E-state index in [0.717, 1.165) is 5.56 Å². The van der Waals surface area contributed by atoms with Gasteiger partial charge in [-0.3, -0.25) is 4.79 Å². The summed E-state index contributed by atoms with van der Waals surface area (Å²) in [4.78, 5) is 14.6. The summed E-state index contributed by atoms with van der Waals surface area (Å²) in [5, 5.41) is 14.8. The van der Waals surface area contributed by atoms with Gasteiger partial charge in [0.15, 0.2) is 0 Å². The number of nitrogens with one attached hydrogen (secondary N) is 1. The average Bonchev–Trinajstić information content (AvgIpc) is 2.73. The summed E-state index contributed by atoms with van der Waals surface area (Å²) in [6.45, 7) is 2.83. The molecule has 0 saturated heterocycles. The standard InChI is InChI=1S/C13H22N2O3S/c1-13(17,9-15(2)3)8-14-12(16)11-10(7-18-4)5-6-19-11/h5-6,17H,7-9H2,1-4H3,(H,14,16). The minimum Gasteiger partial charge on any atom is -0.387 e. The Labute approximate surface area is 118 Å². The first-order chi connectivity index (χ1) is 8.85. The van der Waals surface area contributed by atoms with Gasteiger partial charge in [-0.05, 0) is 32.5 Å². The third-order valence-corrected chi connectivity index (χ3v) is 3.49. The molecule has 0 aliphatic rings. The molecule has 1 atom stereocenters. The summed E-state index contributed by atoms with van der Waals surface area (Å²) in [7, 11) is 5.36. The maximum absolute atomic E-state index is 12.1. The molecule has 0 fully saturated rings. The SMILES string of the molecule is COCc1ccsc1C(=O)NCC(C)(O)CN(C)C. The summed E-state index contributed by atoms with van der Waals surface area (Å²) in [5.74, 6) is -0.166. The van der Waals surface area contributed by atoms with E-state index in [-0.39, 0.29) is 12.5 Å². The molecule has 19 heavy (non-hydrogen) atoms. The lowest BCUT2D eigenvalue weighted by molar-refractivity contribution is 0.0326. The fourth-order valence-corrected chi connectivity index (χ4v) is 2.72. The van der Waals surface area contributed by atoms with Gasteiger partial charge in [0.05, 0.1) is 17.1 Å². The number of amides is 1. The van der Waals surface area contributed by atoms with Crippen molar-refractivity contribution in [2.75, 3.05) is 34.3 Å². The van der Waals surface area contributed by atoms with E-state index in [4.69, 9.17) is 4.74 Å². The molecule has 0 aliphatic carbocycles. The highest BCUT2D eigenvalue weighted by atomic mass is 32.1. The third kappa shape index (κ3) is 5.28. The number of thiophene rings is 1. The van der Waals surface area contributed by atoms with Crippen molar-refractivity contribution in [3.05, 3.63) is 21.9 Å². The largest absolute Gasteiger partial charge is 0.387 e. The fraction of sp³-hybridized carbons (Fsp3) is 0.615. The van der Waals surface area contributed by atoms with E-state index >= 15 is 0 Å². The van der Waals surface area contributed by atoms with Gasteiger partial charge in [0, 0.05) is 25.8 Å². The molecule has 1 unspecified atom stereocenters. The zero-order valence-electron chi connectivity index (χ0n) is 11.9. The highest BCUT2D eigenvalue weighted by Gasteiger charge is 2.23. The lowest BCUT2D eigenvalue weighted by atomic mass is 10.1. The number of ether oxygens (including phenoxy) is 1. The van der Waals surface area contributed by atoms with Gasteiger partial charge < -0.3 is 20.1 Å². The van der Waals surface area contributed by atoms with E-state index in [1.807, 2.05) is 30.4 Å². The smallest absolute Gasteiger partial charge is 0.261 e. The van der Waals surface area contributed by atoms with Crippen molar-refractivity contribution in [3.8, 4) is 0 Å². The first-order valence-corrected chi connectivity index (χ1v) is 6.94. The lowest BCUT2D eigenvalue weighted by Crippen LogP contribution is -2.47. The molecule has 0 radical (unpaired) electrons. The zero-order valence-corrected chi connectivity index (χ0v) is 12.7. The van der Waals surface area contributed by atoms with Crippen LogP contribution in [0.5, 0.6) is 0 Å². The van der Waals surface area contributed by atoms with Crippen LogP contribution in [-0.4, -0.2) is 55.8 Å². The molecule has 0 bridgehead atoms. The normalized spacial score (nSPS) is 14.4. The van der Waals surface area contributed by atoms with E-state index in [2.05, 4.69) is 5.32 Å². The number of aliphatic hydroxyl groups is 1. The van der Waals surface area contributed by atoms with Crippen molar-refractivity contribution in [2.45, 2.75) is 19.1 Å². The number of methoxy groups -OCH3 is 1. The lowest BCUT2D eigenvalue weighted by Gasteiger charge is -2.27. The van der Waals surface area contributed by atoms with Crippen LogP contribution in [0.3, 0.4) is 0 Å². The molecule has 1 heterocycles. The number of likely N-dealkylation sites (N-methyl/N-ethyl adjacent to an activating group) is 1. The van der Waals surface area contributed by atoms with Crippen LogP contribution in [-0.2, 0) is 11.3 Å². The Morgan fingerprint density at radius 2 is 2.26 bits per heavy atom. The summed E-state index contributed by atoms with van der Waals surface area (Å²) >= 11 is 1.38. The van der Waals surface area contributed by atoms with E-state index in [1.54, 1.807) is 14.0 Å². The van der Waals surface area contributed by atoms with Crippen LogP contribution in [0.2, 0.25) is 0 Å². The molecule has 6 heteroatoms.